The van der Waals surface area contributed by atoms with Crippen LogP contribution in [-0.4, -0.2) is 49.3 Å². The van der Waals surface area contributed by atoms with Crippen molar-refractivity contribution >= 4 is 34.7 Å². The second kappa shape index (κ2) is 7.86. The lowest BCUT2D eigenvalue weighted by Gasteiger charge is -2.24. The van der Waals surface area contributed by atoms with Crippen LogP contribution >= 0.6 is 11.8 Å². The van der Waals surface area contributed by atoms with E-state index in [1.807, 2.05) is 13.2 Å². The van der Waals surface area contributed by atoms with Crippen LogP contribution in [0.2, 0.25) is 0 Å². The van der Waals surface area contributed by atoms with Crippen LogP contribution in [0.3, 0.4) is 0 Å². The summed E-state index contributed by atoms with van der Waals surface area (Å²) in [5.41, 5.74) is -0.337. The van der Waals surface area contributed by atoms with Gasteiger partial charge in [-0.25, -0.2) is 29.1 Å². The first-order valence-corrected chi connectivity index (χ1v) is 10.4. The number of thioether (sulfide) groups is 1. The number of pyridine rings is 1. The lowest BCUT2D eigenvalue weighted by atomic mass is 10.2. The number of nitrogens with zero attached hydrogens (tertiary/aromatic N) is 6. The number of carbonyl (C=O) groups excluding carboxylic acids is 1. The van der Waals surface area contributed by atoms with Crippen molar-refractivity contribution in [3.8, 4) is 5.82 Å². The highest BCUT2D eigenvalue weighted by molar-refractivity contribution is 7.98. The number of hydrogen-bond donors (Lipinski definition) is 0. The third kappa shape index (κ3) is 4.12. The van der Waals surface area contributed by atoms with E-state index in [0.717, 1.165) is 0 Å². The van der Waals surface area contributed by atoms with Crippen molar-refractivity contribution < 1.29 is 9.53 Å². The average Bonchev–Trinajstić information content (AvgIpc) is 2.97. The summed E-state index contributed by atoms with van der Waals surface area (Å²) in [6, 6.07) is 5.24. The maximum atomic E-state index is 12.8. The smallest absolute Gasteiger partial charge is 0.415 e. The van der Waals surface area contributed by atoms with Crippen molar-refractivity contribution in [1.29, 1.82) is 0 Å². The predicted octanol–water partition coefficient (Wildman–Crippen LogP) is 3.09. The highest BCUT2D eigenvalue weighted by atomic mass is 32.2. The minimum atomic E-state index is -0.618. The Labute approximate surface area is 172 Å². The van der Waals surface area contributed by atoms with E-state index in [-0.39, 0.29) is 5.56 Å². The lowest BCUT2D eigenvalue weighted by molar-refractivity contribution is 0.0588. The highest BCUT2D eigenvalue weighted by Crippen LogP contribution is 2.20. The van der Waals surface area contributed by atoms with Crippen LogP contribution in [0.4, 0.5) is 10.6 Å². The molecule has 0 aliphatic heterocycles. The highest BCUT2D eigenvalue weighted by Gasteiger charge is 2.22. The lowest BCUT2D eigenvalue weighted by Crippen LogP contribution is -2.34. The zero-order valence-electron chi connectivity index (χ0n) is 17.3. The van der Waals surface area contributed by atoms with E-state index in [1.54, 1.807) is 55.4 Å². The van der Waals surface area contributed by atoms with Gasteiger partial charge in [-0.2, -0.15) is 0 Å². The minimum absolute atomic E-state index is 0.192. The third-order valence-corrected chi connectivity index (χ3v) is 4.65. The molecule has 0 spiro atoms. The second-order valence-corrected chi connectivity index (χ2v) is 8.09. The molecule has 0 radical (unpaired) electrons. The van der Waals surface area contributed by atoms with Crippen molar-refractivity contribution in [1.82, 2.24) is 24.3 Å². The molecule has 3 rings (SSSR count). The van der Waals surface area contributed by atoms with Crippen LogP contribution < -0.4 is 10.5 Å². The summed E-state index contributed by atoms with van der Waals surface area (Å²) < 4.78 is 8.61. The molecule has 1 amide bonds. The Morgan fingerprint density at radius 1 is 1.28 bits per heavy atom. The van der Waals surface area contributed by atoms with Crippen LogP contribution in [0.15, 0.2) is 34.3 Å². The van der Waals surface area contributed by atoms with Gasteiger partial charge < -0.3 is 4.74 Å². The Hall–Kier alpha value is -2.88. The fourth-order valence-electron chi connectivity index (χ4n) is 2.77. The monoisotopic (exact) mass is 416 g/mol. The molecule has 0 unspecified atom stereocenters. The Bertz CT molecular complexity index is 1120. The molecule has 9 nitrogen and oxygen atoms in total. The SMILES string of the molecule is CCn1c(=O)c2cnc(SC)nc2n1-c1cccc(N(C)C(=O)OC(C)(C)C)n1. The first-order valence-electron chi connectivity index (χ1n) is 9.13. The number of anilines is 1. The van der Waals surface area contributed by atoms with E-state index in [2.05, 4.69) is 15.0 Å². The number of aromatic nitrogens is 5. The third-order valence-electron chi connectivity index (χ3n) is 4.08. The van der Waals surface area contributed by atoms with E-state index in [1.165, 1.54) is 22.9 Å². The summed E-state index contributed by atoms with van der Waals surface area (Å²) in [5, 5.41) is 0.971. The van der Waals surface area contributed by atoms with Gasteiger partial charge in [0.15, 0.2) is 16.6 Å². The Kier molecular flexibility index (Phi) is 5.65. The maximum absolute atomic E-state index is 12.8. The van der Waals surface area contributed by atoms with Crippen LogP contribution in [0.1, 0.15) is 27.7 Å². The van der Waals surface area contributed by atoms with E-state index in [0.29, 0.717) is 34.4 Å². The summed E-state index contributed by atoms with van der Waals surface area (Å²) in [5.74, 6) is 0.866. The molecule has 0 bridgehead atoms. The summed E-state index contributed by atoms with van der Waals surface area (Å²) >= 11 is 1.39. The van der Waals surface area contributed by atoms with E-state index < -0.39 is 11.7 Å². The molecule has 29 heavy (non-hydrogen) atoms. The molecule has 3 heterocycles. The molecule has 0 aliphatic carbocycles. The summed E-state index contributed by atoms with van der Waals surface area (Å²) in [6.45, 7) is 7.71. The molecular formula is C19H24N6O3S. The molecule has 10 heteroatoms. The van der Waals surface area contributed by atoms with Gasteiger partial charge in [-0.05, 0) is 46.1 Å². The van der Waals surface area contributed by atoms with Gasteiger partial charge in [-0.1, -0.05) is 17.8 Å². The molecule has 154 valence electrons. The van der Waals surface area contributed by atoms with Gasteiger partial charge >= 0.3 is 6.09 Å². The van der Waals surface area contributed by atoms with Crippen molar-refractivity contribution in [3.63, 3.8) is 0 Å². The molecule has 0 saturated heterocycles. The molecule has 0 saturated carbocycles. The quantitative estimate of drug-likeness (QED) is 0.476. The number of ether oxygens (including phenoxy) is 1. The molecule has 0 N–H and O–H groups in total. The fraction of sp³-hybridized carbons (Fsp3) is 0.421. The number of carbonyl (C=O) groups is 1. The van der Waals surface area contributed by atoms with Crippen LogP contribution in [0, 0.1) is 0 Å². The number of fused-ring (bicyclic) bond motifs is 1. The molecule has 0 aliphatic rings. The minimum Gasteiger partial charge on any atom is -0.443 e. The summed E-state index contributed by atoms with van der Waals surface area (Å²) in [4.78, 5) is 39.8. The number of hydrogen-bond acceptors (Lipinski definition) is 7. The van der Waals surface area contributed by atoms with E-state index >= 15 is 0 Å². The molecule has 0 fully saturated rings. The van der Waals surface area contributed by atoms with Gasteiger partial charge in [0.2, 0.25) is 0 Å². The molecule has 0 atom stereocenters. The Morgan fingerprint density at radius 2 is 2.00 bits per heavy atom. The van der Waals surface area contributed by atoms with Gasteiger partial charge in [0.1, 0.15) is 16.8 Å². The summed E-state index contributed by atoms with van der Waals surface area (Å²) in [7, 11) is 1.59. The zero-order chi connectivity index (χ0) is 21.3. The van der Waals surface area contributed by atoms with Gasteiger partial charge in [-0.15, -0.1) is 0 Å². The fourth-order valence-corrected chi connectivity index (χ4v) is 3.11. The summed E-state index contributed by atoms with van der Waals surface area (Å²) in [6.07, 6.45) is 2.89. The second-order valence-electron chi connectivity index (χ2n) is 7.32. The van der Waals surface area contributed by atoms with Crippen LogP contribution in [0.25, 0.3) is 16.9 Å². The Morgan fingerprint density at radius 3 is 2.62 bits per heavy atom. The van der Waals surface area contributed by atoms with Gasteiger partial charge in [0.25, 0.3) is 5.56 Å². The zero-order valence-corrected chi connectivity index (χ0v) is 18.1. The standard InChI is InChI=1S/C19H24N6O3S/c1-7-24-16(26)12-11-20-17(29-6)22-15(12)25(24)14-10-8-9-13(21-14)23(5)18(27)28-19(2,3)4/h8-11H,7H2,1-6H3. The van der Waals surface area contributed by atoms with Crippen LogP contribution in [0.5, 0.6) is 0 Å². The van der Waals surface area contributed by atoms with Crippen molar-refractivity contribution in [2.75, 3.05) is 18.2 Å². The van der Waals surface area contributed by atoms with E-state index in [9.17, 15) is 9.59 Å². The molecule has 0 aromatic carbocycles. The average molecular weight is 417 g/mol. The van der Waals surface area contributed by atoms with Crippen LogP contribution in [-0.2, 0) is 11.3 Å². The first-order chi connectivity index (χ1) is 13.7. The van der Waals surface area contributed by atoms with Gasteiger partial charge in [0, 0.05) is 19.8 Å². The largest absolute Gasteiger partial charge is 0.443 e. The first kappa shape index (κ1) is 20.8. The van der Waals surface area contributed by atoms with E-state index in [4.69, 9.17) is 4.74 Å². The van der Waals surface area contributed by atoms with Gasteiger partial charge in [-0.3, -0.25) is 9.69 Å². The van der Waals surface area contributed by atoms with Crippen molar-refractivity contribution in [3.05, 3.63) is 34.7 Å². The maximum Gasteiger partial charge on any atom is 0.415 e. The molecule has 3 aromatic rings. The van der Waals surface area contributed by atoms with Crippen molar-refractivity contribution in [2.45, 2.75) is 45.0 Å². The number of amides is 1. The van der Waals surface area contributed by atoms with Gasteiger partial charge in [0.05, 0.1) is 0 Å². The normalized spacial score (nSPS) is 11.7. The van der Waals surface area contributed by atoms with Crippen molar-refractivity contribution in [2.24, 2.45) is 0 Å². The topological polar surface area (TPSA) is 95.1 Å². The molecular weight excluding hydrogens is 392 g/mol. The number of rotatable bonds is 4. The predicted molar refractivity (Wildman–Crippen MR) is 113 cm³/mol. The molecule has 3 aromatic heterocycles. The Balaban J connectivity index is 2.13.